The molecule has 1 N–H and O–H groups in total. The Bertz CT molecular complexity index is 1150. The zero-order chi connectivity index (χ0) is 19.0. The molecule has 0 radical (unpaired) electrons. The summed E-state index contributed by atoms with van der Waals surface area (Å²) in [5.74, 6) is 0.120. The lowest BCUT2D eigenvalue weighted by atomic mass is 10.1. The minimum Gasteiger partial charge on any atom is -0.436 e. The number of fused-ring (bicyclic) bond motifs is 1. The highest BCUT2D eigenvalue weighted by Crippen LogP contribution is 2.28. The molecule has 1 aromatic heterocycles. The first-order chi connectivity index (χ1) is 13.0. The number of benzene rings is 3. The second-order valence-corrected chi connectivity index (χ2v) is 7.13. The third kappa shape index (κ3) is 3.93. The highest BCUT2D eigenvalue weighted by Gasteiger charge is 2.12. The second-order valence-electron chi connectivity index (χ2n) is 5.82. The Morgan fingerprint density at radius 1 is 0.889 bits per heavy atom. The number of hydrogen-bond acceptors (Lipinski definition) is 3. The number of carbonyl (C=O) groups excluding carboxylic acids is 1. The molecule has 0 aliphatic rings. The number of anilines is 1. The predicted octanol–water partition coefficient (Wildman–Crippen LogP) is 6.71. The fraction of sp³-hybridized carbons (Fsp3) is 0. The van der Waals surface area contributed by atoms with Crippen molar-refractivity contribution in [3.8, 4) is 11.5 Å². The van der Waals surface area contributed by atoms with Crippen LogP contribution in [0.2, 0.25) is 15.1 Å². The molecule has 1 heterocycles. The van der Waals surface area contributed by atoms with Crippen LogP contribution in [0.5, 0.6) is 0 Å². The Kier molecular flexibility index (Phi) is 4.79. The van der Waals surface area contributed by atoms with E-state index in [0.717, 1.165) is 5.56 Å². The van der Waals surface area contributed by atoms with Crippen LogP contribution < -0.4 is 5.32 Å². The van der Waals surface area contributed by atoms with Crippen LogP contribution in [-0.4, -0.2) is 10.9 Å². The van der Waals surface area contributed by atoms with Gasteiger partial charge in [0.2, 0.25) is 5.89 Å². The maximum absolute atomic E-state index is 12.5. The maximum atomic E-state index is 12.5. The first-order valence-electron chi connectivity index (χ1n) is 7.92. The lowest BCUT2D eigenvalue weighted by Gasteiger charge is -2.07. The molecule has 0 saturated heterocycles. The van der Waals surface area contributed by atoms with E-state index < -0.39 is 0 Å². The fourth-order valence-electron chi connectivity index (χ4n) is 2.64. The third-order valence-corrected chi connectivity index (χ3v) is 4.51. The Morgan fingerprint density at radius 3 is 2.44 bits per heavy atom. The van der Waals surface area contributed by atoms with Crippen molar-refractivity contribution in [2.24, 2.45) is 0 Å². The average molecular weight is 418 g/mol. The standard InChI is InChI=1S/C20H11Cl3N2O2/c21-13-4-5-18-17(10-13)25-20(27-18)11-2-1-3-16(8-11)24-19(26)12-6-14(22)9-15(23)7-12/h1-10H,(H,24,26). The molecule has 3 aromatic carbocycles. The minimum atomic E-state index is -0.319. The number of halogens is 3. The topological polar surface area (TPSA) is 55.1 Å². The first kappa shape index (κ1) is 17.9. The molecular formula is C20H11Cl3N2O2. The molecule has 4 rings (SSSR count). The Morgan fingerprint density at radius 2 is 1.67 bits per heavy atom. The van der Waals surface area contributed by atoms with Crippen LogP contribution in [0.3, 0.4) is 0 Å². The molecule has 4 aromatic rings. The van der Waals surface area contributed by atoms with E-state index in [0.29, 0.717) is 43.3 Å². The van der Waals surface area contributed by atoms with Crippen LogP contribution in [0.15, 0.2) is 65.1 Å². The van der Waals surface area contributed by atoms with Gasteiger partial charge in [0.05, 0.1) is 0 Å². The van der Waals surface area contributed by atoms with E-state index in [1.54, 1.807) is 54.6 Å². The van der Waals surface area contributed by atoms with E-state index in [1.165, 1.54) is 0 Å². The fourth-order valence-corrected chi connectivity index (χ4v) is 3.33. The summed E-state index contributed by atoms with van der Waals surface area (Å²) in [4.78, 5) is 16.9. The van der Waals surface area contributed by atoms with Crippen molar-refractivity contribution in [3.63, 3.8) is 0 Å². The largest absolute Gasteiger partial charge is 0.436 e. The number of nitrogens with zero attached hydrogens (tertiary/aromatic N) is 1. The van der Waals surface area contributed by atoms with Crippen LogP contribution in [0.25, 0.3) is 22.6 Å². The summed E-state index contributed by atoms with van der Waals surface area (Å²) in [7, 11) is 0. The lowest BCUT2D eigenvalue weighted by molar-refractivity contribution is 0.102. The van der Waals surface area contributed by atoms with Gasteiger partial charge in [0.25, 0.3) is 5.91 Å². The van der Waals surface area contributed by atoms with E-state index in [9.17, 15) is 4.79 Å². The molecule has 7 heteroatoms. The van der Waals surface area contributed by atoms with Gasteiger partial charge in [-0.15, -0.1) is 0 Å². The van der Waals surface area contributed by atoms with Gasteiger partial charge < -0.3 is 9.73 Å². The Hall–Kier alpha value is -2.53. The number of nitrogens with one attached hydrogen (secondary N) is 1. The van der Waals surface area contributed by atoms with Crippen LogP contribution in [-0.2, 0) is 0 Å². The molecule has 0 saturated carbocycles. The van der Waals surface area contributed by atoms with Gasteiger partial charge in [-0.05, 0) is 54.6 Å². The second kappa shape index (κ2) is 7.24. The summed E-state index contributed by atoms with van der Waals surface area (Å²) < 4.78 is 5.77. The summed E-state index contributed by atoms with van der Waals surface area (Å²) in [6.07, 6.45) is 0. The number of amides is 1. The summed E-state index contributed by atoms with van der Waals surface area (Å²) in [6, 6.07) is 17.1. The smallest absolute Gasteiger partial charge is 0.255 e. The molecule has 0 unspecified atom stereocenters. The highest BCUT2D eigenvalue weighted by molar-refractivity contribution is 6.35. The van der Waals surface area contributed by atoms with Crippen molar-refractivity contribution in [1.29, 1.82) is 0 Å². The van der Waals surface area contributed by atoms with Gasteiger partial charge in [-0.1, -0.05) is 40.9 Å². The number of rotatable bonds is 3. The average Bonchev–Trinajstić information content (AvgIpc) is 3.04. The molecular weight excluding hydrogens is 407 g/mol. The van der Waals surface area contributed by atoms with Gasteiger partial charge in [-0.2, -0.15) is 0 Å². The zero-order valence-electron chi connectivity index (χ0n) is 13.7. The van der Waals surface area contributed by atoms with Crippen molar-refractivity contribution in [2.75, 3.05) is 5.32 Å². The molecule has 0 spiro atoms. The number of oxazole rings is 1. The SMILES string of the molecule is O=C(Nc1cccc(-c2nc3cc(Cl)ccc3o2)c1)c1cc(Cl)cc(Cl)c1. The Labute approximate surface area is 169 Å². The maximum Gasteiger partial charge on any atom is 0.255 e. The molecule has 0 bridgehead atoms. The molecule has 0 aliphatic carbocycles. The number of carbonyl (C=O) groups is 1. The first-order valence-corrected chi connectivity index (χ1v) is 9.05. The van der Waals surface area contributed by atoms with Crippen LogP contribution in [0.4, 0.5) is 5.69 Å². The molecule has 134 valence electrons. The summed E-state index contributed by atoms with van der Waals surface area (Å²) in [5, 5.41) is 4.20. The molecule has 0 aliphatic heterocycles. The van der Waals surface area contributed by atoms with Gasteiger partial charge in [0.15, 0.2) is 5.58 Å². The summed E-state index contributed by atoms with van der Waals surface area (Å²) >= 11 is 17.9. The molecule has 0 fully saturated rings. The van der Waals surface area contributed by atoms with Crippen molar-refractivity contribution >= 4 is 57.5 Å². The van der Waals surface area contributed by atoms with E-state index in [-0.39, 0.29) is 5.91 Å². The van der Waals surface area contributed by atoms with Gasteiger partial charge >= 0.3 is 0 Å². The van der Waals surface area contributed by atoms with Gasteiger partial charge in [0, 0.05) is 31.9 Å². The lowest BCUT2D eigenvalue weighted by Crippen LogP contribution is -2.11. The third-order valence-electron chi connectivity index (χ3n) is 3.84. The van der Waals surface area contributed by atoms with Crippen LogP contribution in [0.1, 0.15) is 10.4 Å². The monoisotopic (exact) mass is 416 g/mol. The van der Waals surface area contributed by atoms with E-state index in [4.69, 9.17) is 39.2 Å². The molecule has 1 amide bonds. The van der Waals surface area contributed by atoms with Crippen molar-refractivity contribution < 1.29 is 9.21 Å². The van der Waals surface area contributed by atoms with Crippen molar-refractivity contribution in [1.82, 2.24) is 4.98 Å². The van der Waals surface area contributed by atoms with Crippen molar-refractivity contribution in [3.05, 3.63) is 81.3 Å². The van der Waals surface area contributed by atoms with Crippen molar-refractivity contribution in [2.45, 2.75) is 0 Å². The normalized spacial score (nSPS) is 10.9. The summed E-state index contributed by atoms with van der Waals surface area (Å²) in [6.45, 7) is 0. The predicted molar refractivity (Wildman–Crippen MR) is 109 cm³/mol. The molecule has 27 heavy (non-hydrogen) atoms. The molecule has 0 atom stereocenters. The van der Waals surface area contributed by atoms with Gasteiger partial charge in [-0.25, -0.2) is 4.98 Å². The highest BCUT2D eigenvalue weighted by atomic mass is 35.5. The van der Waals surface area contributed by atoms with E-state index in [2.05, 4.69) is 10.3 Å². The zero-order valence-corrected chi connectivity index (χ0v) is 15.9. The van der Waals surface area contributed by atoms with Gasteiger partial charge in [-0.3, -0.25) is 4.79 Å². The summed E-state index contributed by atoms with van der Waals surface area (Å²) in [5.41, 5.74) is 2.99. The van der Waals surface area contributed by atoms with Crippen LogP contribution in [0, 0.1) is 0 Å². The number of aromatic nitrogens is 1. The minimum absolute atomic E-state index is 0.319. The van der Waals surface area contributed by atoms with Crippen LogP contribution >= 0.6 is 34.8 Å². The Balaban J connectivity index is 1.62. The quantitative estimate of drug-likeness (QED) is 0.403. The number of hydrogen-bond donors (Lipinski definition) is 1. The van der Waals surface area contributed by atoms with E-state index in [1.807, 2.05) is 6.07 Å². The molecule has 4 nitrogen and oxygen atoms in total. The van der Waals surface area contributed by atoms with E-state index >= 15 is 0 Å². The van der Waals surface area contributed by atoms with Gasteiger partial charge in [0.1, 0.15) is 5.52 Å².